The molecule has 0 amide bonds. The molecule has 0 radical (unpaired) electrons. The molecule has 1 nitrogen and oxygen atoms in total. The fourth-order valence-corrected chi connectivity index (χ4v) is 3.00. The van der Waals surface area contributed by atoms with E-state index < -0.39 is 0 Å². The predicted molar refractivity (Wildman–Crippen MR) is 92.5 cm³/mol. The number of rotatable bonds is 11. The van der Waals surface area contributed by atoms with Crippen molar-refractivity contribution < 1.29 is 0 Å². The summed E-state index contributed by atoms with van der Waals surface area (Å²) in [6.45, 7) is 9.28. The second kappa shape index (κ2) is 11.0. The summed E-state index contributed by atoms with van der Waals surface area (Å²) in [7, 11) is 0. The summed E-state index contributed by atoms with van der Waals surface area (Å²) in [5.41, 5.74) is 1.38. The van der Waals surface area contributed by atoms with Gasteiger partial charge in [0.25, 0.3) is 0 Å². The van der Waals surface area contributed by atoms with Gasteiger partial charge in [0.1, 0.15) is 0 Å². The normalized spacial score (nSPS) is 12.3. The summed E-state index contributed by atoms with van der Waals surface area (Å²) in [4.78, 5) is 1.39. The number of thioether (sulfide) groups is 1. The van der Waals surface area contributed by atoms with E-state index in [0.717, 1.165) is 13.0 Å². The molecule has 1 atom stereocenters. The molecule has 1 aromatic carbocycles. The number of benzene rings is 1. The fraction of sp³-hybridized carbons (Fsp3) is 0.556. The second-order valence-electron chi connectivity index (χ2n) is 5.23. The van der Waals surface area contributed by atoms with E-state index in [0.29, 0.717) is 6.04 Å². The van der Waals surface area contributed by atoms with E-state index in [1.165, 1.54) is 41.9 Å². The van der Waals surface area contributed by atoms with E-state index in [9.17, 15) is 0 Å². The molecule has 2 heteroatoms. The van der Waals surface area contributed by atoms with Crippen molar-refractivity contribution in [1.29, 1.82) is 0 Å². The van der Waals surface area contributed by atoms with Crippen molar-refractivity contribution in [2.75, 3.05) is 12.3 Å². The van der Waals surface area contributed by atoms with Crippen LogP contribution in [0.25, 0.3) is 0 Å². The third-order valence-corrected chi connectivity index (χ3v) is 4.50. The van der Waals surface area contributed by atoms with Gasteiger partial charge in [0, 0.05) is 10.9 Å². The minimum absolute atomic E-state index is 0.452. The van der Waals surface area contributed by atoms with Gasteiger partial charge in [-0.05, 0) is 62.6 Å². The lowest BCUT2D eigenvalue weighted by Crippen LogP contribution is -2.19. The maximum absolute atomic E-state index is 3.76. The smallest absolute Gasteiger partial charge is 0.0291 e. The highest BCUT2D eigenvalue weighted by Gasteiger charge is 2.03. The quantitative estimate of drug-likeness (QED) is 0.324. The minimum atomic E-state index is 0.452. The van der Waals surface area contributed by atoms with Gasteiger partial charge in [0.2, 0.25) is 0 Å². The largest absolute Gasteiger partial charge is 0.310 e. The van der Waals surface area contributed by atoms with Crippen molar-refractivity contribution in [3.8, 4) is 0 Å². The summed E-state index contributed by atoms with van der Waals surface area (Å²) >= 11 is 1.97. The molecule has 1 aromatic rings. The number of unbranched alkanes of at least 4 members (excludes halogenated alkanes) is 3. The highest BCUT2D eigenvalue weighted by atomic mass is 32.2. The molecule has 1 N–H and O–H groups in total. The van der Waals surface area contributed by atoms with Gasteiger partial charge in [-0.1, -0.05) is 31.6 Å². The molecule has 0 aliphatic carbocycles. The molecule has 1 unspecified atom stereocenters. The number of allylic oxidation sites excluding steroid dienone is 1. The Morgan fingerprint density at radius 2 is 1.95 bits per heavy atom. The first kappa shape index (κ1) is 17.3. The van der Waals surface area contributed by atoms with Crippen LogP contribution in [0.1, 0.15) is 57.6 Å². The van der Waals surface area contributed by atoms with Crippen LogP contribution in [0.4, 0.5) is 0 Å². The van der Waals surface area contributed by atoms with Gasteiger partial charge < -0.3 is 5.32 Å². The molecule has 20 heavy (non-hydrogen) atoms. The van der Waals surface area contributed by atoms with E-state index in [-0.39, 0.29) is 0 Å². The van der Waals surface area contributed by atoms with E-state index >= 15 is 0 Å². The molecule has 0 aromatic heterocycles. The lowest BCUT2D eigenvalue weighted by atomic mass is 10.1. The van der Waals surface area contributed by atoms with Gasteiger partial charge in [-0.2, -0.15) is 0 Å². The van der Waals surface area contributed by atoms with E-state index in [2.05, 4.69) is 50.0 Å². The average molecular weight is 292 g/mol. The SMILES string of the molecule is C=CCCCCCSc1ccc(C(C)NCCC)cc1. The van der Waals surface area contributed by atoms with Gasteiger partial charge >= 0.3 is 0 Å². The Hall–Kier alpha value is -0.730. The summed E-state index contributed by atoms with van der Waals surface area (Å²) in [5, 5.41) is 3.53. The predicted octanol–water partition coefficient (Wildman–Crippen LogP) is 5.59. The van der Waals surface area contributed by atoms with Gasteiger partial charge in [-0.15, -0.1) is 18.3 Å². The molecule has 0 spiro atoms. The van der Waals surface area contributed by atoms with Gasteiger partial charge in [0.15, 0.2) is 0 Å². The van der Waals surface area contributed by atoms with Gasteiger partial charge in [-0.25, -0.2) is 0 Å². The molecule has 1 rings (SSSR count). The summed E-state index contributed by atoms with van der Waals surface area (Å²) in [6.07, 6.45) is 8.25. The Morgan fingerprint density at radius 3 is 2.60 bits per heavy atom. The van der Waals surface area contributed by atoms with Gasteiger partial charge in [0.05, 0.1) is 0 Å². The first-order valence-corrected chi connectivity index (χ1v) is 8.83. The van der Waals surface area contributed by atoms with Crippen LogP contribution in [0, 0.1) is 0 Å². The molecule has 0 aliphatic heterocycles. The topological polar surface area (TPSA) is 12.0 Å². The van der Waals surface area contributed by atoms with E-state index in [4.69, 9.17) is 0 Å². The van der Waals surface area contributed by atoms with Crippen LogP contribution in [0.3, 0.4) is 0 Å². The minimum Gasteiger partial charge on any atom is -0.310 e. The van der Waals surface area contributed by atoms with Crippen molar-refractivity contribution in [3.05, 3.63) is 42.5 Å². The molecule has 0 heterocycles. The monoisotopic (exact) mass is 291 g/mol. The van der Waals surface area contributed by atoms with E-state index in [1.807, 2.05) is 17.8 Å². The highest BCUT2D eigenvalue weighted by molar-refractivity contribution is 7.99. The molecular formula is C18H29NS. The van der Waals surface area contributed by atoms with Crippen molar-refractivity contribution in [1.82, 2.24) is 5.32 Å². The second-order valence-corrected chi connectivity index (χ2v) is 6.40. The molecule has 0 saturated carbocycles. The standard InChI is InChI=1S/C18H29NS/c1-4-6-7-8-9-15-20-18-12-10-17(11-13-18)16(3)19-14-5-2/h4,10-13,16,19H,1,5-9,14-15H2,2-3H3. The number of nitrogens with one attached hydrogen (secondary N) is 1. The molecule has 0 fully saturated rings. The molecule has 0 saturated heterocycles. The maximum atomic E-state index is 3.76. The van der Waals surface area contributed by atoms with Crippen molar-refractivity contribution in [3.63, 3.8) is 0 Å². The zero-order chi connectivity index (χ0) is 14.6. The first-order valence-electron chi connectivity index (χ1n) is 7.85. The third kappa shape index (κ3) is 7.16. The first-order chi connectivity index (χ1) is 9.77. The summed E-state index contributed by atoms with van der Waals surface area (Å²) in [6, 6.07) is 9.48. The van der Waals surface area contributed by atoms with Crippen LogP contribution >= 0.6 is 11.8 Å². The van der Waals surface area contributed by atoms with Crippen molar-refractivity contribution >= 4 is 11.8 Å². The van der Waals surface area contributed by atoms with Crippen LogP contribution in [0.2, 0.25) is 0 Å². The Morgan fingerprint density at radius 1 is 1.20 bits per heavy atom. The van der Waals surface area contributed by atoms with Crippen molar-refractivity contribution in [2.45, 2.75) is 56.9 Å². The zero-order valence-electron chi connectivity index (χ0n) is 13.0. The Kier molecular flexibility index (Phi) is 9.52. The number of hydrogen-bond acceptors (Lipinski definition) is 2. The Bertz CT molecular complexity index is 358. The number of hydrogen-bond donors (Lipinski definition) is 1. The summed E-state index contributed by atoms with van der Waals surface area (Å²) < 4.78 is 0. The fourth-order valence-electron chi connectivity index (χ4n) is 2.09. The van der Waals surface area contributed by atoms with Crippen LogP contribution in [-0.4, -0.2) is 12.3 Å². The van der Waals surface area contributed by atoms with Crippen LogP contribution in [0.15, 0.2) is 41.8 Å². The maximum Gasteiger partial charge on any atom is 0.0291 e. The molecule has 112 valence electrons. The van der Waals surface area contributed by atoms with Crippen LogP contribution < -0.4 is 5.32 Å². The van der Waals surface area contributed by atoms with Crippen LogP contribution in [0.5, 0.6) is 0 Å². The lowest BCUT2D eigenvalue weighted by Gasteiger charge is -2.14. The molecule has 0 aliphatic rings. The highest BCUT2D eigenvalue weighted by Crippen LogP contribution is 2.22. The van der Waals surface area contributed by atoms with Crippen LogP contribution in [-0.2, 0) is 0 Å². The zero-order valence-corrected chi connectivity index (χ0v) is 13.8. The molecular weight excluding hydrogens is 262 g/mol. The third-order valence-electron chi connectivity index (χ3n) is 3.40. The summed E-state index contributed by atoms with van der Waals surface area (Å²) in [5.74, 6) is 1.22. The Labute approximate surface area is 129 Å². The Balaban J connectivity index is 2.26. The van der Waals surface area contributed by atoms with Crippen molar-refractivity contribution in [2.24, 2.45) is 0 Å². The average Bonchev–Trinajstić information content (AvgIpc) is 2.49. The lowest BCUT2D eigenvalue weighted by molar-refractivity contribution is 0.570. The van der Waals surface area contributed by atoms with E-state index in [1.54, 1.807) is 0 Å². The molecule has 0 bridgehead atoms. The van der Waals surface area contributed by atoms with Gasteiger partial charge in [-0.3, -0.25) is 0 Å².